The minimum absolute atomic E-state index is 0.156. The highest BCUT2D eigenvalue weighted by atomic mass is 35.5. The number of H-pyrrole nitrogens is 1. The third-order valence-electron chi connectivity index (χ3n) is 1.51. The van der Waals surface area contributed by atoms with E-state index in [-0.39, 0.29) is 12.0 Å². The van der Waals surface area contributed by atoms with Crippen LogP contribution in [-0.2, 0) is 11.2 Å². The molecule has 0 saturated carbocycles. The zero-order chi connectivity index (χ0) is 10.8. The van der Waals surface area contributed by atoms with Crippen LogP contribution in [-0.4, -0.2) is 19.8 Å². The van der Waals surface area contributed by atoms with Crippen molar-refractivity contribution in [2.24, 2.45) is 0 Å². The SMILES string of the molecule is O=C(Cl)C(Cl)(Cl)Cc1ccn[nH]c1=O. The smallest absolute Gasteiger partial charge is 0.267 e. The molecular formula is C7H5Cl3N2O2. The number of hydrogen-bond acceptors (Lipinski definition) is 3. The van der Waals surface area contributed by atoms with Gasteiger partial charge >= 0.3 is 0 Å². The first kappa shape index (κ1) is 11.5. The lowest BCUT2D eigenvalue weighted by molar-refractivity contribution is -0.112. The van der Waals surface area contributed by atoms with Crippen LogP contribution in [0.3, 0.4) is 0 Å². The topological polar surface area (TPSA) is 62.8 Å². The van der Waals surface area contributed by atoms with Gasteiger partial charge in [-0.05, 0) is 17.7 Å². The summed E-state index contributed by atoms with van der Waals surface area (Å²) in [5.74, 6) is 0. The van der Waals surface area contributed by atoms with E-state index in [0.717, 1.165) is 0 Å². The van der Waals surface area contributed by atoms with E-state index in [1.54, 1.807) is 0 Å². The van der Waals surface area contributed by atoms with E-state index in [4.69, 9.17) is 34.8 Å². The number of aromatic nitrogens is 2. The Kier molecular flexibility index (Phi) is 3.53. The first-order valence-electron chi connectivity index (χ1n) is 3.54. The summed E-state index contributed by atoms with van der Waals surface area (Å²) in [6.07, 6.45) is 1.20. The summed E-state index contributed by atoms with van der Waals surface area (Å²) in [6, 6.07) is 1.41. The van der Waals surface area contributed by atoms with Gasteiger partial charge in [0, 0.05) is 18.2 Å². The highest BCUT2D eigenvalue weighted by Gasteiger charge is 2.33. The molecule has 0 aromatic carbocycles. The maximum Gasteiger partial charge on any atom is 0.267 e. The highest BCUT2D eigenvalue weighted by Crippen LogP contribution is 2.27. The summed E-state index contributed by atoms with van der Waals surface area (Å²) in [5, 5.41) is 4.74. The molecule has 76 valence electrons. The molecule has 14 heavy (non-hydrogen) atoms. The first-order valence-corrected chi connectivity index (χ1v) is 4.67. The van der Waals surface area contributed by atoms with Crippen LogP contribution in [0.15, 0.2) is 17.1 Å². The lowest BCUT2D eigenvalue weighted by Crippen LogP contribution is -2.28. The zero-order valence-electron chi connectivity index (χ0n) is 6.76. The molecule has 0 unspecified atom stereocenters. The van der Waals surface area contributed by atoms with Crippen molar-refractivity contribution in [2.75, 3.05) is 0 Å². The lowest BCUT2D eigenvalue weighted by atomic mass is 10.2. The molecule has 0 radical (unpaired) electrons. The van der Waals surface area contributed by atoms with Crippen molar-refractivity contribution >= 4 is 40.0 Å². The van der Waals surface area contributed by atoms with E-state index in [0.29, 0.717) is 0 Å². The van der Waals surface area contributed by atoms with Crippen LogP contribution in [0.25, 0.3) is 0 Å². The summed E-state index contributed by atoms with van der Waals surface area (Å²) in [7, 11) is 0. The zero-order valence-corrected chi connectivity index (χ0v) is 9.03. The molecule has 1 heterocycles. The third kappa shape index (κ3) is 2.70. The van der Waals surface area contributed by atoms with Crippen LogP contribution in [0, 0.1) is 0 Å². The Morgan fingerprint density at radius 1 is 1.57 bits per heavy atom. The molecule has 1 aromatic heterocycles. The van der Waals surface area contributed by atoms with Crippen molar-refractivity contribution in [3.8, 4) is 0 Å². The minimum Gasteiger partial charge on any atom is -0.278 e. The Morgan fingerprint density at radius 2 is 2.21 bits per heavy atom. The molecule has 1 rings (SSSR count). The van der Waals surface area contributed by atoms with Gasteiger partial charge < -0.3 is 0 Å². The molecule has 0 fully saturated rings. The molecule has 0 aliphatic rings. The largest absolute Gasteiger partial charge is 0.278 e. The number of nitrogens with one attached hydrogen (secondary N) is 1. The molecular weight excluding hydrogens is 250 g/mol. The third-order valence-corrected chi connectivity index (χ3v) is 2.63. The fourth-order valence-corrected chi connectivity index (χ4v) is 1.17. The number of alkyl halides is 2. The van der Waals surface area contributed by atoms with E-state index in [9.17, 15) is 9.59 Å². The van der Waals surface area contributed by atoms with Crippen LogP contribution >= 0.6 is 34.8 Å². The van der Waals surface area contributed by atoms with Gasteiger partial charge in [-0.15, -0.1) is 0 Å². The van der Waals surface area contributed by atoms with E-state index in [2.05, 4.69) is 10.2 Å². The predicted molar refractivity (Wildman–Crippen MR) is 53.9 cm³/mol. The second-order valence-electron chi connectivity index (χ2n) is 2.57. The summed E-state index contributed by atoms with van der Waals surface area (Å²) in [6.45, 7) is 0. The summed E-state index contributed by atoms with van der Waals surface area (Å²) in [4.78, 5) is 21.9. The quantitative estimate of drug-likeness (QED) is 0.653. The van der Waals surface area contributed by atoms with Gasteiger partial charge in [0.15, 0.2) is 4.33 Å². The first-order chi connectivity index (χ1) is 6.43. The lowest BCUT2D eigenvalue weighted by Gasteiger charge is -2.12. The average molecular weight is 255 g/mol. The van der Waals surface area contributed by atoms with Gasteiger partial charge in [0.05, 0.1) is 0 Å². The fraction of sp³-hybridized carbons (Fsp3) is 0.286. The van der Waals surface area contributed by atoms with Crippen LogP contribution < -0.4 is 5.56 Å². The monoisotopic (exact) mass is 254 g/mol. The summed E-state index contributed by atoms with van der Waals surface area (Å²) < 4.78 is -1.78. The maximum atomic E-state index is 11.1. The van der Waals surface area contributed by atoms with Crippen LogP contribution in [0.5, 0.6) is 0 Å². The summed E-state index contributed by atoms with van der Waals surface area (Å²) >= 11 is 16.3. The number of nitrogens with zero attached hydrogens (tertiary/aromatic N) is 1. The molecule has 1 aromatic rings. The van der Waals surface area contributed by atoms with E-state index >= 15 is 0 Å². The standard InChI is InChI=1S/C7H5Cl3N2O2/c8-6(14)7(9,10)3-4-1-2-11-12-5(4)13/h1-2H,3H2,(H,12,13). The number of carbonyl (C=O) groups excluding carboxylic acids is 1. The number of rotatable bonds is 3. The van der Waals surface area contributed by atoms with Gasteiger partial charge in [-0.2, -0.15) is 5.10 Å². The molecule has 0 aliphatic heterocycles. The van der Waals surface area contributed by atoms with Crippen molar-refractivity contribution < 1.29 is 4.79 Å². The Bertz CT molecular complexity index is 402. The molecule has 0 saturated heterocycles. The number of carbonyl (C=O) groups is 1. The minimum atomic E-state index is -1.78. The van der Waals surface area contributed by atoms with Gasteiger partial charge in [-0.3, -0.25) is 9.59 Å². The highest BCUT2D eigenvalue weighted by molar-refractivity contribution is 6.78. The predicted octanol–water partition coefficient (Wildman–Crippen LogP) is 1.25. The molecule has 1 N–H and O–H groups in total. The Hall–Kier alpha value is -0.580. The summed E-state index contributed by atoms with van der Waals surface area (Å²) in [5.41, 5.74) is -0.199. The Balaban J connectivity index is 2.95. The number of aromatic amines is 1. The van der Waals surface area contributed by atoms with Crippen molar-refractivity contribution in [2.45, 2.75) is 10.8 Å². The maximum absolute atomic E-state index is 11.1. The molecule has 0 amide bonds. The fourth-order valence-electron chi connectivity index (χ4n) is 0.819. The van der Waals surface area contributed by atoms with Crippen molar-refractivity contribution in [1.29, 1.82) is 0 Å². The Labute approximate surface area is 94.2 Å². The second-order valence-corrected chi connectivity index (χ2v) is 4.39. The van der Waals surface area contributed by atoms with Gasteiger partial charge in [-0.25, -0.2) is 5.10 Å². The molecule has 0 atom stereocenters. The van der Waals surface area contributed by atoms with E-state index < -0.39 is 15.1 Å². The average Bonchev–Trinajstić information content (AvgIpc) is 2.08. The molecule has 4 nitrogen and oxygen atoms in total. The van der Waals surface area contributed by atoms with Crippen LogP contribution in [0.1, 0.15) is 5.56 Å². The van der Waals surface area contributed by atoms with Crippen LogP contribution in [0.2, 0.25) is 0 Å². The van der Waals surface area contributed by atoms with Gasteiger partial charge in [0.25, 0.3) is 10.8 Å². The second kappa shape index (κ2) is 4.29. The molecule has 0 aliphatic carbocycles. The van der Waals surface area contributed by atoms with Gasteiger partial charge in [0.2, 0.25) is 0 Å². The van der Waals surface area contributed by atoms with Crippen molar-refractivity contribution in [1.82, 2.24) is 10.2 Å². The number of halogens is 3. The molecule has 0 spiro atoms. The normalized spacial score (nSPS) is 11.4. The van der Waals surface area contributed by atoms with E-state index in [1.807, 2.05) is 0 Å². The van der Waals surface area contributed by atoms with Crippen LogP contribution in [0.4, 0.5) is 0 Å². The van der Waals surface area contributed by atoms with Gasteiger partial charge in [-0.1, -0.05) is 23.2 Å². The van der Waals surface area contributed by atoms with Gasteiger partial charge in [0.1, 0.15) is 0 Å². The number of hydrogen-bond donors (Lipinski definition) is 1. The van der Waals surface area contributed by atoms with E-state index in [1.165, 1.54) is 12.3 Å². The van der Waals surface area contributed by atoms with Crippen molar-refractivity contribution in [3.05, 3.63) is 28.2 Å². The Morgan fingerprint density at radius 3 is 2.71 bits per heavy atom. The van der Waals surface area contributed by atoms with Crippen molar-refractivity contribution in [3.63, 3.8) is 0 Å². The molecule has 7 heteroatoms. The molecule has 0 bridgehead atoms.